The summed E-state index contributed by atoms with van der Waals surface area (Å²) in [7, 11) is 1.73. The number of aliphatic imine (C=N–C) groups is 1. The second kappa shape index (κ2) is 9.44. The molecule has 1 saturated carbocycles. The molecule has 1 aliphatic carbocycles. The van der Waals surface area contributed by atoms with E-state index in [1.54, 1.807) is 13.1 Å². The van der Waals surface area contributed by atoms with Crippen LogP contribution in [0.2, 0.25) is 0 Å². The van der Waals surface area contributed by atoms with Gasteiger partial charge in [0.1, 0.15) is 0 Å². The van der Waals surface area contributed by atoms with Crippen molar-refractivity contribution in [2.24, 2.45) is 4.99 Å². The van der Waals surface area contributed by atoms with E-state index in [2.05, 4.69) is 21.9 Å². The topological polar surface area (TPSA) is 56.7 Å². The molecule has 3 N–H and O–H groups in total. The molecule has 1 fully saturated rings. The Balaban J connectivity index is 0.00000242. The third-order valence-electron chi connectivity index (χ3n) is 3.75. The molecule has 7 heteroatoms. The second-order valence-electron chi connectivity index (χ2n) is 5.22. The van der Waals surface area contributed by atoms with Crippen LogP contribution in [0.4, 0.5) is 4.39 Å². The highest BCUT2D eigenvalue weighted by molar-refractivity contribution is 14.0. The fourth-order valence-corrected chi connectivity index (χ4v) is 3.32. The molecule has 0 aliphatic heterocycles. The second-order valence-corrected chi connectivity index (χ2v) is 6.36. The minimum absolute atomic E-state index is 0. The maximum atomic E-state index is 13.3. The van der Waals surface area contributed by atoms with Crippen LogP contribution in [0.5, 0.6) is 5.75 Å². The smallest absolute Gasteiger partial charge is 0.191 e. The van der Waals surface area contributed by atoms with Crippen LogP contribution in [0, 0.1) is 5.82 Å². The number of benzene rings is 1. The fraction of sp³-hybridized carbons (Fsp3) is 0.533. The molecule has 0 heterocycles. The van der Waals surface area contributed by atoms with Crippen molar-refractivity contribution in [3.63, 3.8) is 0 Å². The highest BCUT2D eigenvalue weighted by atomic mass is 127. The van der Waals surface area contributed by atoms with Crippen LogP contribution in [0.1, 0.15) is 24.8 Å². The van der Waals surface area contributed by atoms with Gasteiger partial charge in [-0.15, -0.1) is 24.0 Å². The van der Waals surface area contributed by atoms with Crippen LogP contribution < -0.4 is 10.6 Å². The first-order valence-electron chi connectivity index (χ1n) is 7.09. The van der Waals surface area contributed by atoms with Gasteiger partial charge in [0, 0.05) is 24.9 Å². The molecular weight excluding hydrogens is 416 g/mol. The maximum absolute atomic E-state index is 13.3. The molecule has 0 saturated heterocycles. The van der Waals surface area contributed by atoms with Crippen molar-refractivity contribution in [3.8, 4) is 5.75 Å². The average molecular weight is 439 g/mol. The molecule has 124 valence electrons. The Morgan fingerprint density at radius 1 is 1.45 bits per heavy atom. The van der Waals surface area contributed by atoms with E-state index in [1.807, 2.05) is 11.8 Å². The predicted molar refractivity (Wildman–Crippen MR) is 102 cm³/mol. The number of hydrogen-bond acceptors (Lipinski definition) is 3. The number of nitrogens with one attached hydrogen (secondary N) is 2. The lowest BCUT2D eigenvalue weighted by Gasteiger charge is -2.17. The van der Waals surface area contributed by atoms with Crippen LogP contribution in [0.25, 0.3) is 0 Å². The molecule has 2 rings (SSSR count). The van der Waals surface area contributed by atoms with E-state index in [-0.39, 0.29) is 29.7 Å². The summed E-state index contributed by atoms with van der Waals surface area (Å²) >= 11 is 1.92. The van der Waals surface area contributed by atoms with Crippen LogP contribution in [-0.4, -0.2) is 35.7 Å². The lowest BCUT2D eigenvalue weighted by Crippen LogP contribution is -2.42. The number of phenols is 1. The summed E-state index contributed by atoms with van der Waals surface area (Å²) in [6, 6.07) is 4.83. The molecule has 2 atom stereocenters. The van der Waals surface area contributed by atoms with Crippen LogP contribution >= 0.6 is 35.7 Å². The number of phenolic OH excluding ortho intramolecular Hbond substituents is 1. The minimum atomic E-state index is -0.601. The Labute approximate surface area is 152 Å². The van der Waals surface area contributed by atoms with Gasteiger partial charge in [-0.2, -0.15) is 11.8 Å². The van der Waals surface area contributed by atoms with Crippen LogP contribution in [-0.2, 0) is 6.54 Å². The Kier molecular flexibility index (Phi) is 8.30. The molecule has 0 aromatic heterocycles. The van der Waals surface area contributed by atoms with Gasteiger partial charge in [-0.25, -0.2) is 4.39 Å². The molecule has 1 aliphatic rings. The summed E-state index contributed by atoms with van der Waals surface area (Å²) in [6.07, 6.45) is 5.69. The van der Waals surface area contributed by atoms with Crippen molar-refractivity contribution in [1.82, 2.24) is 10.6 Å². The fourth-order valence-electron chi connectivity index (χ4n) is 2.52. The largest absolute Gasteiger partial charge is 0.505 e. The van der Waals surface area contributed by atoms with E-state index < -0.39 is 5.82 Å². The Morgan fingerprint density at radius 3 is 2.82 bits per heavy atom. The molecule has 0 spiro atoms. The van der Waals surface area contributed by atoms with Gasteiger partial charge in [-0.3, -0.25) is 4.99 Å². The highest BCUT2D eigenvalue weighted by Crippen LogP contribution is 2.28. The van der Waals surface area contributed by atoms with Gasteiger partial charge in [0.05, 0.1) is 0 Å². The Bertz CT molecular complexity index is 516. The first-order chi connectivity index (χ1) is 10.1. The summed E-state index contributed by atoms with van der Waals surface area (Å²) in [5.41, 5.74) is 0.765. The third-order valence-corrected chi connectivity index (χ3v) is 4.85. The zero-order valence-electron chi connectivity index (χ0n) is 12.8. The van der Waals surface area contributed by atoms with Crippen molar-refractivity contribution >= 4 is 41.7 Å². The molecule has 4 nitrogen and oxygen atoms in total. The van der Waals surface area contributed by atoms with Crippen LogP contribution in [0.3, 0.4) is 0 Å². The molecule has 0 bridgehead atoms. The molecule has 0 amide bonds. The zero-order valence-corrected chi connectivity index (χ0v) is 16.0. The standard InChI is InChI=1S/C15H22FN3OS.HI/c1-17-15(19-11-4-5-12(8-11)21-2)18-9-10-3-6-14(20)13(16)7-10;/h3,6-7,11-12,20H,4-5,8-9H2,1-2H3,(H2,17,18,19);1H. The van der Waals surface area contributed by atoms with Crippen LogP contribution in [0.15, 0.2) is 23.2 Å². The van der Waals surface area contributed by atoms with Crippen molar-refractivity contribution in [1.29, 1.82) is 0 Å². The predicted octanol–water partition coefficient (Wildman–Crippen LogP) is 3.10. The summed E-state index contributed by atoms with van der Waals surface area (Å²) in [4.78, 5) is 4.20. The maximum Gasteiger partial charge on any atom is 0.191 e. The summed E-state index contributed by atoms with van der Waals surface area (Å²) < 4.78 is 13.3. The van der Waals surface area contributed by atoms with E-state index in [0.717, 1.165) is 29.6 Å². The number of guanidine groups is 1. The lowest BCUT2D eigenvalue weighted by molar-refractivity contribution is 0.431. The van der Waals surface area contributed by atoms with E-state index in [0.29, 0.717) is 12.6 Å². The minimum Gasteiger partial charge on any atom is -0.505 e. The van der Waals surface area contributed by atoms with E-state index in [4.69, 9.17) is 0 Å². The number of rotatable bonds is 4. The van der Waals surface area contributed by atoms with Crippen molar-refractivity contribution in [3.05, 3.63) is 29.6 Å². The number of hydrogen-bond donors (Lipinski definition) is 3. The molecule has 0 radical (unpaired) electrons. The van der Waals surface area contributed by atoms with Crippen molar-refractivity contribution in [2.45, 2.75) is 37.1 Å². The highest BCUT2D eigenvalue weighted by Gasteiger charge is 2.24. The Hall–Kier alpha value is -0.700. The molecule has 1 aromatic rings. The number of nitrogens with zero attached hydrogens (tertiary/aromatic N) is 1. The quantitative estimate of drug-likeness (QED) is 0.384. The average Bonchev–Trinajstić information content (AvgIpc) is 2.94. The number of thioether (sulfide) groups is 1. The van der Waals surface area contributed by atoms with Gasteiger partial charge in [-0.1, -0.05) is 6.07 Å². The lowest BCUT2D eigenvalue weighted by atomic mass is 10.2. The van der Waals surface area contributed by atoms with Crippen molar-refractivity contribution < 1.29 is 9.50 Å². The van der Waals surface area contributed by atoms with Gasteiger partial charge in [0.15, 0.2) is 17.5 Å². The molecule has 1 aromatic carbocycles. The van der Waals surface area contributed by atoms with E-state index in [1.165, 1.54) is 18.6 Å². The summed E-state index contributed by atoms with van der Waals surface area (Å²) in [5.74, 6) is -0.193. The monoisotopic (exact) mass is 439 g/mol. The van der Waals surface area contributed by atoms with Crippen molar-refractivity contribution in [2.75, 3.05) is 13.3 Å². The normalized spacial score (nSPS) is 21.3. The summed E-state index contributed by atoms with van der Waals surface area (Å²) in [5, 5.41) is 16.5. The van der Waals surface area contributed by atoms with Gasteiger partial charge in [0.25, 0.3) is 0 Å². The number of halogens is 2. The zero-order chi connectivity index (χ0) is 15.2. The molecule has 2 unspecified atom stereocenters. The van der Waals surface area contributed by atoms with E-state index >= 15 is 0 Å². The molecule has 22 heavy (non-hydrogen) atoms. The first-order valence-corrected chi connectivity index (χ1v) is 8.38. The third kappa shape index (κ3) is 5.49. The first kappa shape index (κ1) is 19.3. The number of aromatic hydroxyl groups is 1. The van der Waals surface area contributed by atoms with Gasteiger partial charge in [-0.05, 0) is 43.2 Å². The van der Waals surface area contributed by atoms with Gasteiger partial charge in [0.2, 0.25) is 0 Å². The van der Waals surface area contributed by atoms with E-state index in [9.17, 15) is 9.50 Å². The molecular formula is C15H23FIN3OS. The van der Waals surface area contributed by atoms with Gasteiger partial charge >= 0.3 is 0 Å². The summed E-state index contributed by atoms with van der Waals surface area (Å²) in [6.45, 7) is 0.468. The Morgan fingerprint density at radius 2 is 2.23 bits per heavy atom. The van der Waals surface area contributed by atoms with Gasteiger partial charge < -0.3 is 15.7 Å². The SMILES string of the molecule is CN=C(NCc1ccc(O)c(F)c1)NC1CCC(SC)C1.I.